The third-order valence-corrected chi connectivity index (χ3v) is 3.68. The Kier molecular flexibility index (Phi) is 9.08. The molecule has 130 valence electrons. The number of aryl methyl sites for hydroxylation is 1. The second-order valence-electron chi connectivity index (χ2n) is 5.13. The molecule has 1 heterocycles. The molecule has 0 radical (unpaired) electrons. The summed E-state index contributed by atoms with van der Waals surface area (Å²) in [7, 11) is 3.29. The number of morpholine rings is 1. The van der Waals surface area contributed by atoms with Crippen molar-refractivity contribution in [2.24, 2.45) is 10.7 Å². The van der Waals surface area contributed by atoms with Gasteiger partial charge in [-0.05, 0) is 30.5 Å². The summed E-state index contributed by atoms with van der Waals surface area (Å²) in [6.45, 7) is 3.82. The van der Waals surface area contributed by atoms with Crippen LogP contribution in [0.25, 0.3) is 0 Å². The van der Waals surface area contributed by atoms with Gasteiger partial charge in [-0.1, -0.05) is 6.07 Å². The van der Waals surface area contributed by atoms with Crippen LogP contribution in [-0.2, 0) is 11.2 Å². The quantitative estimate of drug-likeness (QED) is 0.320. The number of nitrogens with two attached hydrogens (primary N) is 1. The molecule has 0 atom stereocenters. The molecule has 1 saturated heterocycles. The Balaban J connectivity index is 0.00000264. The molecule has 1 aliphatic rings. The van der Waals surface area contributed by atoms with Gasteiger partial charge in [-0.3, -0.25) is 4.99 Å². The van der Waals surface area contributed by atoms with Crippen LogP contribution in [-0.4, -0.2) is 57.9 Å². The number of guanidine groups is 1. The Morgan fingerprint density at radius 2 is 1.91 bits per heavy atom. The third-order valence-electron chi connectivity index (χ3n) is 3.68. The molecule has 2 N–H and O–H groups in total. The zero-order valence-corrected chi connectivity index (χ0v) is 16.1. The van der Waals surface area contributed by atoms with E-state index in [1.54, 1.807) is 14.2 Å². The SMILES string of the molecule is COc1ccc(CCCN=C(N)N2CCOCC2)cc1OC.I. The minimum atomic E-state index is 0. The van der Waals surface area contributed by atoms with Gasteiger partial charge in [-0.25, -0.2) is 0 Å². The normalized spacial score (nSPS) is 15.0. The van der Waals surface area contributed by atoms with E-state index in [0.29, 0.717) is 5.96 Å². The minimum Gasteiger partial charge on any atom is -0.493 e. The van der Waals surface area contributed by atoms with Gasteiger partial charge in [-0.2, -0.15) is 0 Å². The summed E-state index contributed by atoms with van der Waals surface area (Å²) in [4.78, 5) is 6.52. The zero-order chi connectivity index (χ0) is 15.8. The van der Waals surface area contributed by atoms with E-state index in [9.17, 15) is 0 Å². The van der Waals surface area contributed by atoms with Crippen LogP contribution in [0.5, 0.6) is 11.5 Å². The van der Waals surface area contributed by atoms with Gasteiger partial charge in [0.2, 0.25) is 0 Å². The molecule has 0 bridgehead atoms. The summed E-state index contributed by atoms with van der Waals surface area (Å²) in [5.74, 6) is 2.13. The van der Waals surface area contributed by atoms with Gasteiger partial charge >= 0.3 is 0 Å². The molecule has 0 amide bonds. The maximum absolute atomic E-state index is 6.00. The Labute approximate surface area is 155 Å². The van der Waals surface area contributed by atoms with Crippen molar-refractivity contribution >= 4 is 29.9 Å². The molecule has 23 heavy (non-hydrogen) atoms. The molecular weight excluding hydrogens is 409 g/mol. The molecule has 0 aliphatic carbocycles. The van der Waals surface area contributed by atoms with Gasteiger partial charge < -0.3 is 24.8 Å². The number of nitrogens with zero attached hydrogens (tertiary/aromatic N) is 2. The van der Waals surface area contributed by atoms with Crippen LogP contribution in [0.2, 0.25) is 0 Å². The first-order valence-electron chi connectivity index (χ1n) is 7.58. The highest BCUT2D eigenvalue weighted by Crippen LogP contribution is 2.27. The number of rotatable bonds is 6. The van der Waals surface area contributed by atoms with E-state index in [1.165, 1.54) is 5.56 Å². The average molecular weight is 435 g/mol. The summed E-state index contributed by atoms with van der Waals surface area (Å²) >= 11 is 0. The van der Waals surface area contributed by atoms with E-state index in [1.807, 2.05) is 12.1 Å². The molecule has 0 aromatic heterocycles. The third kappa shape index (κ3) is 6.06. The van der Waals surface area contributed by atoms with E-state index in [0.717, 1.165) is 57.2 Å². The van der Waals surface area contributed by atoms with Crippen molar-refractivity contribution in [2.75, 3.05) is 47.1 Å². The largest absolute Gasteiger partial charge is 0.493 e. The molecule has 0 saturated carbocycles. The summed E-state index contributed by atoms with van der Waals surface area (Å²) in [6.07, 6.45) is 1.88. The van der Waals surface area contributed by atoms with Gasteiger partial charge in [0, 0.05) is 19.6 Å². The fraction of sp³-hybridized carbons (Fsp3) is 0.562. The van der Waals surface area contributed by atoms with Crippen molar-refractivity contribution in [3.05, 3.63) is 23.8 Å². The van der Waals surface area contributed by atoms with Gasteiger partial charge in [0.05, 0.1) is 27.4 Å². The van der Waals surface area contributed by atoms with Crippen molar-refractivity contribution in [3.8, 4) is 11.5 Å². The van der Waals surface area contributed by atoms with Crippen molar-refractivity contribution < 1.29 is 14.2 Å². The summed E-state index contributed by atoms with van der Waals surface area (Å²) in [6, 6.07) is 5.99. The lowest BCUT2D eigenvalue weighted by Gasteiger charge is -2.27. The fourth-order valence-electron chi connectivity index (χ4n) is 2.41. The number of halogens is 1. The predicted molar refractivity (Wildman–Crippen MR) is 102 cm³/mol. The molecule has 1 aliphatic heterocycles. The number of hydrogen-bond donors (Lipinski definition) is 1. The van der Waals surface area contributed by atoms with Crippen LogP contribution in [0.15, 0.2) is 23.2 Å². The lowest BCUT2D eigenvalue weighted by molar-refractivity contribution is 0.0674. The molecule has 2 rings (SSSR count). The highest BCUT2D eigenvalue weighted by Gasteiger charge is 2.11. The molecule has 1 aromatic rings. The van der Waals surface area contributed by atoms with Gasteiger partial charge in [0.25, 0.3) is 0 Å². The van der Waals surface area contributed by atoms with Crippen LogP contribution < -0.4 is 15.2 Å². The van der Waals surface area contributed by atoms with E-state index < -0.39 is 0 Å². The van der Waals surface area contributed by atoms with Gasteiger partial charge in [-0.15, -0.1) is 24.0 Å². The first kappa shape index (κ1) is 19.8. The highest BCUT2D eigenvalue weighted by molar-refractivity contribution is 14.0. The molecule has 1 aromatic carbocycles. The summed E-state index contributed by atoms with van der Waals surface area (Å²) < 4.78 is 15.8. The maximum atomic E-state index is 6.00. The average Bonchev–Trinajstić information content (AvgIpc) is 2.59. The lowest BCUT2D eigenvalue weighted by Crippen LogP contribution is -2.44. The van der Waals surface area contributed by atoms with Crippen molar-refractivity contribution in [1.82, 2.24) is 4.90 Å². The molecule has 1 fully saturated rings. The molecule has 7 heteroatoms. The Bertz CT molecular complexity index is 505. The second-order valence-corrected chi connectivity index (χ2v) is 5.13. The zero-order valence-electron chi connectivity index (χ0n) is 13.8. The van der Waals surface area contributed by atoms with E-state index in [4.69, 9.17) is 19.9 Å². The molecule has 0 unspecified atom stereocenters. The number of methoxy groups -OCH3 is 2. The number of benzene rings is 1. The van der Waals surface area contributed by atoms with Crippen molar-refractivity contribution in [1.29, 1.82) is 0 Å². The van der Waals surface area contributed by atoms with Gasteiger partial charge in [0.15, 0.2) is 17.5 Å². The Morgan fingerprint density at radius 3 is 2.57 bits per heavy atom. The standard InChI is InChI=1S/C16H25N3O3.HI/c1-20-14-6-5-13(12-15(14)21-2)4-3-7-18-16(17)19-8-10-22-11-9-19;/h5-6,12H,3-4,7-11H2,1-2H3,(H2,17,18);1H. The topological polar surface area (TPSA) is 69.3 Å². The van der Waals surface area contributed by atoms with Crippen LogP contribution in [0, 0.1) is 0 Å². The van der Waals surface area contributed by atoms with Crippen LogP contribution in [0.1, 0.15) is 12.0 Å². The monoisotopic (exact) mass is 435 g/mol. The Hall–Kier alpha value is -1.22. The van der Waals surface area contributed by atoms with Crippen molar-refractivity contribution in [2.45, 2.75) is 12.8 Å². The smallest absolute Gasteiger partial charge is 0.191 e. The van der Waals surface area contributed by atoms with Crippen molar-refractivity contribution in [3.63, 3.8) is 0 Å². The second kappa shape index (κ2) is 10.5. The first-order chi connectivity index (χ1) is 10.7. The van der Waals surface area contributed by atoms with Crippen LogP contribution in [0.4, 0.5) is 0 Å². The molecule has 6 nitrogen and oxygen atoms in total. The maximum Gasteiger partial charge on any atom is 0.191 e. The van der Waals surface area contributed by atoms with Gasteiger partial charge in [0.1, 0.15) is 0 Å². The molecular formula is C16H26IN3O3. The molecule has 0 spiro atoms. The number of ether oxygens (including phenoxy) is 3. The lowest BCUT2D eigenvalue weighted by atomic mass is 10.1. The first-order valence-corrected chi connectivity index (χ1v) is 7.58. The fourth-order valence-corrected chi connectivity index (χ4v) is 2.41. The summed E-state index contributed by atoms with van der Waals surface area (Å²) in [5, 5.41) is 0. The van der Waals surface area contributed by atoms with Crippen LogP contribution in [0.3, 0.4) is 0 Å². The van der Waals surface area contributed by atoms with Crippen LogP contribution >= 0.6 is 24.0 Å². The highest BCUT2D eigenvalue weighted by atomic mass is 127. The number of hydrogen-bond acceptors (Lipinski definition) is 4. The van der Waals surface area contributed by atoms with E-state index in [-0.39, 0.29) is 24.0 Å². The number of aliphatic imine (C=N–C) groups is 1. The van der Waals surface area contributed by atoms with E-state index >= 15 is 0 Å². The predicted octanol–water partition coefficient (Wildman–Crippen LogP) is 1.90. The minimum absolute atomic E-state index is 0. The van der Waals surface area contributed by atoms with E-state index in [2.05, 4.69) is 16.0 Å². The Morgan fingerprint density at radius 1 is 1.22 bits per heavy atom. The summed E-state index contributed by atoms with van der Waals surface area (Å²) in [5.41, 5.74) is 7.20.